The van der Waals surface area contributed by atoms with Crippen molar-refractivity contribution in [2.45, 2.75) is 25.4 Å². The summed E-state index contributed by atoms with van der Waals surface area (Å²) in [6.07, 6.45) is 6.03. The summed E-state index contributed by atoms with van der Waals surface area (Å²) in [6, 6.07) is 0. The number of hydrogen-bond acceptors (Lipinski definition) is 2. The molecule has 0 bridgehead atoms. The molecule has 1 unspecified atom stereocenters. The average Bonchev–Trinajstić information content (AvgIpc) is 2.14. The van der Waals surface area contributed by atoms with E-state index in [-0.39, 0.29) is 0 Å². The first kappa shape index (κ1) is 10.0. The van der Waals surface area contributed by atoms with Crippen LogP contribution in [0.2, 0.25) is 0 Å². The van der Waals surface area contributed by atoms with Crippen LogP contribution in [0.15, 0.2) is 11.6 Å². The minimum Gasteiger partial charge on any atom is -0.377 e. The number of halogens is 1. The molecule has 0 saturated carbocycles. The molecule has 12 heavy (non-hydrogen) atoms. The summed E-state index contributed by atoms with van der Waals surface area (Å²) < 4.78 is 5.54. The molecule has 1 saturated heterocycles. The number of ether oxygens (including phenoxy) is 1. The lowest BCUT2D eigenvalue weighted by Crippen LogP contribution is -2.31. The van der Waals surface area contributed by atoms with Gasteiger partial charge >= 0.3 is 0 Å². The van der Waals surface area contributed by atoms with Crippen LogP contribution in [0.25, 0.3) is 0 Å². The highest BCUT2D eigenvalue weighted by atomic mass is 35.5. The first-order valence-electron chi connectivity index (χ1n) is 4.51. The van der Waals surface area contributed by atoms with Crippen molar-refractivity contribution in [2.75, 3.05) is 19.7 Å². The summed E-state index contributed by atoms with van der Waals surface area (Å²) in [5, 5.41) is 3.26. The number of hydrogen-bond donors (Lipinski definition) is 1. The zero-order valence-electron chi connectivity index (χ0n) is 7.26. The molecule has 1 atom stereocenters. The molecule has 2 nitrogen and oxygen atoms in total. The lowest BCUT2D eigenvalue weighted by Gasteiger charge is -2.22. The van der Waals surface area contributed by atoms with Crippen molar-refractivity contribution < 1.29 is 4.74 Å². The molecule has 1 aliphatic heterocycles. The van der Waals surface area contributed by atoms with Crippen LogP contribution in [-0.4, -0.2) is 25.8 Å². The van der Waals surface area contributed by atoms with E-state index in [1.54, 1.807) is 0 Å². The van der Waals surface area contributed by atoms with Gasteiger partial charge in [0.15, 0.2) is 0 Å². The Morgan fingerprint density at radius 2 is 2.42 bits per heavy atom. The molecule has 0 aromatic carbocycles. The van der Waals surface area contributed by atoms with Crippen LogP contribution in [0, 0.1) is 0 Å². The molecule has 0 aromatic rings. The van der Waals surface area contributed by atoms with E-state index < -0.39 is 0 Å². The van der Waals surface area contributed by atoms with Crippen molar-refractivity contribution in [3.63, 3.8) is 0 Å². The minimum absolute atomic E-state index is 0.419. The lowest BCUT2D eigenvalue weighted by atomic mass is 10.1. The van der Waals surface area contributed by atoms with Crippen LogP contribution in [0.4, 0.5) is 0 Å². The van der Waals surface area contributed by atoms with Crippen molar-refractivity contribution in [3.8, 4) is 0 Å². The minimum atomic E-state index is 0.419. The van der Waals surface area contributed by atoms with Crippen LogP contribution >= 0.6 is 11.6 Å². The monoisotopic (exact) mass is 189 g/mol. The fourth-order valence-electron chi connectivity index (χ4n) is 1.34. The van der Waals surface area contributed by atoms with Crippen LogP contribution in [0.5, 0.6) is 0 Å². The Kier molecular flexibility index (Phi) is 5.41. The highest BCUT2D eigenvalue weighted by Gasteiger charge is 2.11. The Hall–Kier alpha value is -0.0500. The summed E-state index contributed by atoms with van der Waals surface area (Å²) >= 11 is 5.37. The van der Waals surface area contributed by atoms with E-state index in [9.17, 15) is 0 Å². The molecule has 1 aliphatic rings. The Balaban J connectivity index is 1.97. The largest absolute Gasteiger partial charge is 0.377 e. The van der Waals surface area contributed by atoms with Gasteiger partial charge in [-0.2, -0.15) is 0 Å². The van der Waals surface area contributed by atoms with Gasteiger partial charge in [0, 0.05) is 25.2 Å². The molecule has 1 fully saturated rings. The standard InChI is InChI=1S/C9H16ClNO/c10-5-3-6-11-8-9-4-1-2-7-12-9/h3,5,9,11H,1-2,4,6-8H2/b5-3+. The van der Waals surface area contributed by atoms with Crippen LogP contribution in [0.1, 0.15) is 19.3 Å². The van der Waals surface area contributed by atoms with Crippen molar-refractivity contribution in [1.82, 2.24) is 5.32 Å². The van der Waals surface area contributed by atoms with E-state index in [0.29, 0.717) is 6.10 Å². The number of nitrogens with one attached hydrogen (secondary N) is 1. The van der Waals surface area contributed by atoms with Crippen molar-refractivity contribution in [1.29, 1.82) is 0 Å². The third-order valence-electron chi connectivity index (χ3n) is 2.00. The molecule has 0 amide bonds. The molecule has 0 aliphatic carbocycles. The van der Waals surface area contributed by atoms with Gasteiger partial charge in [-0.1, -0.05) is 17.7 Å². The first-order chi connectivity index (χ1) is 5.93. The van der Waals surface area contributed by atoms with E-state index in [2.05, 4.69) is 5.32 Å². The topological polar surface area (TPSA) is 21.3 Å². The molecular weight excluding hydrogens is 174 g/mol. The zero-order chi connectivity index (χ0) is 8.65. The third-order valence-corrected chi connectivity index (χ3v) is 2.18. The summed E-state index contributed by atoms with van der Waals surface area (Å²) in [4.78, 5) is 0. The molecule has 0 radical (unpaired) electrons. The Morgan fingerprint density at radius 1 is 1.50 bits per heavy atom. The van der Waals surface area contributed by atoms with Gasteiger partial charge in [0.2, 0.25) is 0 Å². The molecule has 70 valence electrons. The fraction of sp³-hybridized carbons (Fsp3) is 0.778. The van der Waals surface area contributed by atoms with E-state index in [4.69, 9.17) is 16.3 Å². The maximum absolute atomic E-state index is 5.54. The predicted octanol–water partition coefficient (Wildman–Crippen LogP) is 1.90. The smallest absolute Gasteiger partial charge is 0.0699 e. The van der Waals surface area contributed by atoms with Crippen molar-refractivity contribution in [3.05, 3.63) is 11.6 Å². The van der Waals surface area contributed by atoms with E-state index in [1.165, 1.54) is 24.8 Å². The van der Waals surface area contributed by atoms with Crippen molar-refractivity contribution in [2.24, 2.45) is 0 Å². The second-order valence-corrected chi connectivity index (χ2v) is 3.26. The normalized spacial score (nSPS) is 24.9. The van der Waals surface area contributed by atoms with Gasteiger partial charge in [0.25, 0.3) is 0 Å². The van der Waals surface area contributed by atoms with Crippen LogP contribution < -0.4 is 5.32 Å². The number of rotatable bonds is 4. The molecular formula is C9H16ClNO. The van der Waals surface area contributed by atoms with Gasteiger partial charge in [-0.15, -0.1) is 0 Å². The lowest BCUT2D eigenvalue weighted by molar-refractivity contribution is 0.0175. The average molecular weight is 190 g/mol. The van der Waals surface area contributed by atoms with Crippen LogP contribution in [0.3, 0.4) is 0 Å². The van der Waals surface area contributed by atoms with E-state index in [0.717, 1.165) is 19.7 Å². The highest BCUT2D eigenvalue weighted by Crippen LogP contribution is 2.11. The van der Waals surface area contributed by atoms with E-state index >= 15 is 0 Å². The molecule has 1 N–H and O–H groups in total. The van der Waals surface area contributed by atoms with Gasteiger partial charge in [-0.3, -0.25) is 0 Å². The Bertz CT molecular complexity index is 132. The van der Waals surface area contributed by atoms with Gasteiger partial charge in [0.05, 0.1) is 6.10 Å². The Labute approximate surface area is 78.9 Å². The molecule has 0 spiro atoms. The summed E-state index contributed by atoms with van der Waals surface area (Å²) in [6.45, 7) is 2.71. The molecule has 1 heterocycles. The van der Waals surface area contributed by atoms with Crippen molar-refractivity contribution >= 4 is 11.6 Å². The predicted molar refractivity (Wildman–Crippen MR) is 51.5 cm³/mol. The van der Waals surface area contributed by atoms with E-state index in [1.807, 2.05) is 6.08 Å². The Morgan fingerprint density at radius 3 is 3.08 bits per heavy atom. The molecule has 0 aromatic heterocycles. The molecule has 1 rings (SSSR count). The van der Waals surface area contributed by atoms with Crippen LogP contribution in [-0.2, 0) is 4.74 Å². The zero-order valence-corrected chi connectivity index (χ0v) is 8.02. The van der Waals surface area contributed by atoms with Gasteiger partial charge in [0.1, 0.15) is 0 Å². The second-order valence-electron chi connectivity index (χ2n) is 3.01. The summed E-state index contributed by atoms with van der Waals surface area (Å²) in [5.41, 5.74) is 1.54. The summed E-state index contributed by atoms with van der Waals surface area (Å²) in [5.74, 6) is 0. The fourth-order valence-corrected chi connectivity index (χ4v) is 1.43. The third kappa shape index (κ3) is 4.10. The molecule has 3 heteroatoms. The van der Waals surface area contributed by atoms with Gasteiger partial charge < -0.3 is 10.1 Å². The second kappa shape index (κ2) is 6.46. The SMILES string of the molecule is Cl/C=C/CNCC1CCCCO1. The van der Waals surface area contributed by atoms with Gasteiger partial charge in [-0.05, 0) is 19.3 Å². The maximum atomic E-state index is 5.54. The maximum Gasteiger partial charge on any atom is 0.0699 e. The first-order valence-corrected chi connectivity index (χ1v) is 4.94. The highest BCUT2D eigenvalue weighted by molar-refractivity contribution is 6.25. The van der Waals surface area contributed by atoms with Gasteiger partial charge in [-0.25, -0.2) is 0 Å². The summed E-state index contributed by atoms with van der Waals surface area (Å²) in [7, 11) is 0. The quantitative estimate of drug-likeness (QED) is 0.683.